The molecule has 2 heterocycles. The van der Waals surface area contributed by atoms with Crippen LogP contribution in [0.1, 0.15) is 12.5 Å². The Morgan fingerprint density at radius 2 is 1.48 bits per heavy atom. The molecule has 29 heavy (non-hydrogen) atoms. The molecule has 0 aliphatic heterocycles. The third-order valence-corrected chi connectivity index (χ3v) is 4.37. The summed E-state index contributed by atoms with van der Waals surface area (Å²) in [4.78, 5) is 11.7. The first-order chi connectivity index (χ1) is 14.5. The van der Waals surface area contributed by atoms with Crippen LogP contribution in [0.25, 0.3) is 26.7 Å². The fraction of sp³-hybridized carbons (Fsp3) is 0.136. The molecule has 4 rings (SSSR count). The van der Waals surface area contributed by atoms with Crippen molar-refractivity contribution in [2.24, 2.45) is 0 Å². The van der Waals surface area contributed by atoms with Crippen molar-refractivity contribution in [3.05, 3.63) is 87.9 Å². The van der Waals surface area contributed by atoms with E-state index in [1.165, 1.54) is 0 Å². The van der Waals surface area contributed by atoms with Gasteiger partial charge in [-0.15, -0.1) is 0 Å². The van der Waals surface area contributed by atoms with Crippen LogP contribution in [0, 0.1) is 6.57 Å². The van der Waals surface area contributed by atoms with Crippen molar-refractivity contribution >= 4 is 43.4 Å². The lowest BCUT2D eigenvalue weighted by molar-refractivity contribution is 0.282. The molecule has 2 N–H and O–H groups in total. The summed E-state index contributed by atoms with van der Waals surface area (Å²) in [5.74, 6) is 0. The first-order valence-corrected chi connectivity index (χ1v) is 9.21. The van der Waals surface area contributed by atoms with Gasteiger partial charge in [-0.2, -0.15) is 0 Å². The van der Waals surface area contributed by atoms with Gasteiger partial charge in [-0.1, -0.05) is 12.1 Å². The number of nitrogens with zero attached hydrogens (tertiary/aromatic N) is 3. The van der Waals surface area contributed by atoms with Crippen molar-refractivity contribution in [2.75, 3.05) is 7.15 Å². The van der Waals surface area contributed by atoms with Gasteiger partial charge in [-0.25, -0.2) is 4.85 Å². The Kier molecular flexibility index (Phi) is 8.01. The van der Waals surface area contributed by atoms with E-state index in [4.69, 9.17) is 18.2 Å². The second-order valence-electron chi connectivity index (χ2n) is 5.83. The van der Waals surface area contributed by atoms with Crippen LogP contribution in [0.4, 0.5) is 10.1 Å². The average molecular weight is 457 g/mol. The van der Waals surface area contributed by atoms with Crippen molar-refractivity contribution in [2.45, 2.75) is 13.2 Å². The molecule has 148 valence electrons. The van der Waals surface area contributed by atoms with Gasteiger partial charge in [0.05, 0.1) is 39.3 Å². The Balaban J connectivity index is 0.000000190. The molecule has 0 saturated carbocycles. The summed E-state index contributed by atoms with van der Waals surface area (Å²) in [6.45, 7) is 6.94. The molecule has 0 radical (unpaired) electrons. The highest BCUT2D eigenvalue weighted by Crippen LogP contribution is 2.20. The van der Waals surface area contributed by atoms with E-state index in [0.717, 1.165) is 37.4 Å². The lowest BCUT2D eigenvalue weighted by Crippen LogP contribution is -1.84. The normalized spacial score (nSPS) is 10.2. The van der Waals surface area contributed by atoms with Crippen LogP contribution in [0.5, 0.6) is 0 Å². The second kappa shape index (κ2) is 11.2. The summed E-state index contributed by atoms with van der Waals surface area (Å²) in [7, 11) is -1.00. The third kappa shape index (κ3) is 6.03. The predicted octanol–water partition coefficient (Wildman–Crippen LogP) is 5.35. The number of fused-ring (bicyclic) bond motifs is 2. The number of aliphatic hydroxyl groups is 2. The molecule has 0 unspecified atom stereocenters. The zero-order chi connectivity index (χ0) is 21.9. The number of rotatable bonds is 2. The third-order valence-electron chi connectivity index (χ3n) is 3.94. The Hall–Kier alpha value is -2.92. The van der Waals surface area contributed by atoms with E-state index in [2.05, 4.69) is 30.7 Å². The molecule has 0 spiro atoms. The molecule has 5 nitrogen and oxygen atoms in total. The minimum atomic E-state index is -1.00. The minimum Gasteiger partial charge on any atom is -0.392 e. The Labute approximate surface area is 177 Å². The molecule has 0 saturated heterocycles. The fourth-order valence-electron chi connectivity index (χ4n) is 2.58. The summed E-state index contributed by atoms with van der Waals surface area (Å²) in [6.07, 6.45) is 3.31. The van der Waals surface area contributed by atoms with Gasteiger partial charge in [-0.05, 0) is 68.8 Å². The van der Waals surface area contributed by atoms with Crippen LogP contribution in [0.15, 0.2) is 65.4 Å². The van der Waals surface area contributed by atoms with Gasteiger partial charge in [0, 0.05) is 22.3 Å². The molecule has 0 aliphatic carbocycles. The highest BCUT2D eigenvalue weighted by Gasteiger charge is 1.99. The molecule has 0 bridgehead atoms. The summed E-state index contributed by atoms with van der Waals surface area (Å²) in [5.41, 5.74) is 4.05. The Morgan fingerprint density at radius 3 is 2.00 bits per heavy atom. The molecular weight excluding hydrogens is 437 g/mol. The SMILES string of the molecule is OCc1ccc2ncc(Br)cc2c1.[2H]CF.[C-]#[N+]c1cnc2ccc(CO)cc2c1. The molecule has 4 aromatic rings. The number of hydrogen-bond donors (Lipinski definition) is 2. The van der Waals surface area contributed by atoms with E-state index in [1.807, 2.05) is 42.5 Å². The highest BCUT2D eigenvalue weighted by molar-refractivity contribution is 9.10. The van der Waals surface area contributed by atoms with Gasteiger partial charge in [0.25, 0.3) is 0 Å². The number of pyridine rings is 2. The average Bonchev–Trinajstić information content (AvgIpc) is 2.78. The van der Waals surface area contributed by atoms with Gasteiger partial charge in [0.1, 0.15) is 0 Å². The van der Waals surface area contributed by atoms with Crippen LogP contribution in [-0.2, 0) is 13.2 Å². The molecule has 0 fully saturated rings. The number of hydrogen-bond acceptors (Lipinski definition) is 4. The van der Waals surface area contributed by atoms with E-state index in [-0.39, 0.29) is 13.2 Å². The van der Waals surface area contributed by atoms with Crippen LogP contribution in [0.3, 0.4) is 0 Å². The zero-order valence-electron chi connectivity index (χ0n) is 16.4. The molecule has 2 aromatic carbocycles. The largest absolute Gasteiger partial charge is 0.392 e. The summed E-state index contributed by atoms with van der Waals surface area (Å²) >= 11 is 3.35. The van der Waals surface area contributed by atoms with Crippen molar-refractivity contribution in [1.29, 1.82) is 0 Å². The van der Waals surface area contributed by atoms with Crippen LogP contribution in [-0.4, -0.2) is 27.3 Å². The van der Waals surface area contributed by atoms with Gasteiger partial charge >= 0.3 is 0 Å². The molecule has 7 heteroatoms. The highest BCUT2D eigenvalue weighted by atomic mass is 79.9. The van der Waals surface area contributed by atoms with Crippen molar-refractivity contribution in [1.82, 2.24) is 9.97 Å². The summed E-state index contributed by atoms with van der Waals surface area (Å²) < 4.78 is 16.5. The van der Waals surface area contributed by atoms with Gasteiger partial charge in [-0.3, -0.25) is 14.4 Å². The monoisotopic (exact) mass is 456 g/mol. The lowest BCUT2D eigenvalue weighted by Gasteiger charge is -2.00. The van der Waals surface area contributed by atoms with Crippen molar-refractivity contribution < 1.29 is 16.0 Å². The lowest BCUT2D eigenvalue weighted by atomic mass is 10.1. The van der Waals surface area contributed by atoms with E-state index in [1.54, 1.807) is 18.5 Å². The smallest absolute Gasteiger partial charge is 0.205 e. The summed E-state index contributed by atoms with van der Waals surface area (Å²) in [5, 5.41) is 19.8. The molecule has 2 aromatic heterocycles. The molecular formula is C22H19BrFN3O2. The Morgan fingerprint density at radius 1 is 0.966 bits per heavy atom. The second-order valence-corrected chi connectivity index (χ2v) is 6.74. The standard InChI is InChI=1S/C11H8N2O.C10H8BrNO.CH3F/c1-12-10-5-9-4-8(7-14)2-3-11(9)13-6-10;11-9-4-8-3-7(6-13)1-2-10(8)12-5-9;1-2/h2-6,14H,7H2;1-5,13H,6H2;1H3/i;;1D. The number of benzene rings is 2. The number of aliphatic hydroxyl groups excluding tert-OH is 2. The van der Waals surface area contributed by atoms with Gasteiger partial charge < -0.3 is 10.2 Å². The van der Waals surface area contributed by atoms with Crippen LogP contribution >= 0.6 is 15.9 Å². The van der Waals surface area contributed by atoms with Crippen LogP contribution < -0.4 is 0 Å². The minimum absolute atomic E-state index is 0.0121. The first kappa shape index (κ1) is 20.8. The maximum Gasteiger partial charge on any atom is 0.205 e. The fourth-order valence-corrected chi connectivity index (χ4v) is 2.93. The zero-order valence-corrected chi connectivity index (χ0v) is 17.0. The maximum atomic E-state index is 9.96. The van der Waals surface area contributed by atoms with E-state index in [9.17, 15) is 4.39 Å². The molecule has 0 amide bonds. The molecule has 0 atom stereocenters. The van der Waals surface area contributed by atoms with E-state index >= 15 is 0 Å². The first-order valence-electron chi connectivity index (χ1n) is 9.12. The van der Waals surface area contributed by atoms with Gasteiger partial charge in [0.2, 0.25) is 5.69 Å². The molecule has 0 aliphatic rings. The topological polar surface area (TPSA) is 70.6 Å². The van der Waals surface area contributed by atoms with Crippen molar-refractivity contribution in [3.8, 4) is 0 Å². The summed E-state index contributed by atoms with van der Waals surface area (Å²) in [6, 6.07) is 15.0. The number of halogens is 2. The maximum absolute atomic E-state index is 9.96. The van der Waals surface area contributed by atoms with E-state index < -0.39 is 7.15 Å². The number of aromatic nitrogens is 2. The number of alkyl halides is 1. The van der Waals surface area contributed by atoms with Crippen molar-refractivity contribution in [3.63, 3.8) is 0 Å². The quantitative estimate of drug-likeness (QED) is 0.398. The van der Waals surface area contributed by atoms with Crippen LogP contribution in [0.2, 0.25) is 0 Å². The predicted molar refractivity (Wildman–Crippen MR) is 116 cm³/mol. The van der Waals surface area contributed by atoms with Gasteiger partial charge in [0.15, 0.2) is 0 Å². The van der Waals surface area contributed by atoms with E-state index in [0.29, 0.717) is 5.69 Å². The Bertz CT molecular complexity index is 1170.